The van der Waals surface area contributed by atoms with Crippen molar-refractivity contribution in [2.24, 2.45) is 0 Å². The summed E-state index contributed by atoms with van der Waals surface area (Å²) >= 11 is 0. The maximum Gasteiger partial charge on any atom is 0.306 e. The fraction of sp³-hybridized carbons (Fsp3) is 0.781. The summed E-state index contributed by atoms with van der Waals surface area (Å²) in [6.07, 6.45) is 74.2. The Hall–Kier alpha value is -2.70. The van der Waals surface area contributed by atoms with Gasteiger partial charge in [-0.3, -0.25) is 9.59 Å². The Bertz CT molecular complexity index is 1280. The molecule has 0 saturated heterocycles. The van der Waals surface area contributed by atoms with Crippen molar-refractivity contribution in [1.29, 1.82) is 0 Å². The normalized spacial score (nSPS) is 13.6. The molecule has 3 atom stereocenters. The summed E-state index contributed by atoms with van der Waals surface area (Å²) in [6, 6.07) is -0.736. The Morgan fingerprint density at radius 3 is 1.20 bits per heavy atom. The Balaban J connectivity index is 4.61. The molecule has 0 radical (unpaired) electrons. The first-order chi connectivity index (χ1) is 34.5. The third kappa shape index (κ3) is 51.6. The smallest absolute Gasteiger partial charge is 0.306 e. The van der Waals surface area contributed by atoms with Gasteiger partial charge in [0.25, 0.3) is 0 Å². The number of hydrogen-bond acceptors (Lipinski definition) is 5. The van der Waals surface area contributed by atoms with Gasteiger partial charge in [0.2, 0.25) is 5.91 Å². The summed E-state index contributed by atoms with van der Waals surface area (Å²) in [5.74, 6) is -0.575. The summed E-state index contributed by atoms with van der Waals surface area (Å²) in [5, 5.41) is 23.9. The lowest BCUT2D eigenvalue weighted by Gasteiger charge is -2.24. The third-order valence-corrected chi connectivity index (χ3v) is 13.5. The summed E-state index contributed by atoms with van der Waals surface area (Å²) in [5.41, 5.74) is 0. The zero-order valence-corrected chi connectivity index (χ0v) is 46.4. The SMILES string of the molecule is CC/C=C\C/C=C\C/C=C\C/C=C\C/C=C\CC(CC(=O)NC(CO)C(O)CCCCCCCCCCCCCCCCCCC)OC(=O)CCCCCCCCCCC/C=C/CCCCCCCC. The number of hydrogen-bond donors (Lipinski definition) is 3. The lowest BCUT2D eigenvalue weighted by atomic mass is 10.0. The van der Waals surface area contributed by atoms with Gasteiger partial charge in [0.15, 0.2) is 0 Å². The molecule has 70 heavy (non-hydrogen) atoms. The van der Waals surface area contributed by atoms with Gasteiger partial charge in [-0.05, 0) is 70.6 Å². The number of carbonyl (C=O) groups excluding carboxylic acids is 2. The molecule has 3 N–H and O–H groups in total. The molecule has 406 valence electrons. The average molecular weight is 979 g/mol. The van der Waals surface area contributed by atoms with E-state index >= 15 is 0 Å². The Morgan fingerprint density at radius 2 is 0.800 bits per heavy atom. The van der Waals surface area contributed by atoms with E-state index in [2.05, 4.69) is 92.9 Å². The number of esters is 1. The van der Waals surface area contributed by atoms with Crippen molar-refractivity contribution in [2.75, 3.05) is 6.61 Å². The van der Waals surface area contributed by atoms with Gasteiger partial charge in [0.1, 0.15) is 6.10 Å². The first kappa shape index (κ1) is 67.3. The highest BCUT2D eigenvalue weighted by Crippen LogP contribution is 2.17. The quantitative estimate of drug-likeness (QED) is 0.0321. The van der Waals surface area contributed by atoms with Crippen LogP contribution in [0, 0.1) is 0 Å². The molecule has 0 heterocycles. The minimum Gasteiger partial charge on any atom is -0.461 e. The molecule has 0 aliphatic heterocycles. The van der Waals surface area contributed by atoms with E-state index in [0.717, 1.165) is 70.6 Å². The molecule has 6 nitrogen and oxygen atoms in total. The summed E-state index contributed by atoms with van der Waals surface area (Å²) in [6.45, 7) is 6.37. The zero-order valence-electron chi connectivity index (χ0n) is 46.4. The molecule has 0 aromatic heterocycles. The zero-order chi connectivity index (χ0) is 50.9. The van der Waals surface area contributed by atoms with Crippen LogP contribution in [0.4, 0.5) is 0 Å². The Kier molecular flexibility index (Phi) is 55.0. The summed E-state index contributed by atoms with van der Waals surface area (Å²) in [7, 11) is 0. The first-order valence-electron chi connectivity index (χ1n) is 30.2. The second-order valence-corrected chi connectivity index (χ2v) is 20.4. The fourth-order valence-corrected chi connectivity index (χ4v) is 8.98. The highest BCUT2D eigenvalue weighted by atomic mass is 16.5. The molecule has 0 aromatic rings. The standard InChI is InChI=1S/C64H115NO5/c1-4-7-10-13-16-19-22-25-28-30-31-33-36-39-42-45-48-51-54-57-64(69)70-60(55-52-49-46-43-40-37-34-27-24-21-18-15-12-9-6-3)58-63(68)65-61(59-66)62(67)56-53-50-47-44-41-38-35-32-29-26-23-20-17-14-11-8-5-2/h9,12,18,21,25,27-28,34,40,43,49,52,60-62,66-67H,4-8,10-11,13-17,19-20,22-24,26,29-33,35-39,41-42,44-48,50-51,53-59H2,1-3H3,(H,65,68)/b12-9-,21-18-,28-25+,34-27-,43-40-,52-49-. The average Bonchev–Trinajstić information content (AvgIpc) is 3.35. The van der Waals surface area contributed by atoms with Crippen LogP contribution in [0.2, 0.25) is 0 Å². The van der Waals surface area contributed by atoms with E-state index in [1.165, 1.54) is 180 Å². The monoisotopic (exact) mass is 978 g/mol. The molecule has 0 aliphatic rings. The maximum absolute atomic E-state index is 13.3. The van der Waals surface area contributed by atoms with Crippen LogP contribution in [-0.4, -0.2) is 46.9 Å². The van der Waals surface area contributed by atoms with Crippen molar-refractivity contribution >= 4 is 11.9 Å². The predicted molar refractivity (Wildman–Crippen MR) is 305 cm³/mol. The van der Waals surface area contributed by atoms with Gasteiger partial charge in [-0.1, -0.05) is 280 Å². The van der Waals surface area contributed by atoms with E-state index in [1.54, 1.807) is 0 Å². The minimum atomic E-state index is -0.816. The molecule has 0 fully saturated rings. The first-order valence-corrected chi connectivity index (χ1v) is 30.2. The molecule has 3 unspecified atom stereocenters. The Morgan fingerprint density at radius 1 is 0.443 bits per heavy atom. The maximum atomic E-state index is 13.3. The van der Waals surface area contributed by atoms with Crippen molar-refractivity contribution in [3.63, 3.8) is 0 Å². The van der Waals surface area contributed by atoms with Crippen LogP contribution in [0.15, 0.2) is 72.9 Å². The number of aliphatic hydroxyl groups excluding tert-OH is 2. The fourth-order valence-electron chi connectivity index (χ4n) is 8.98. The number of allylic oxidation sites excluding steroid dienone is 11. The topological polar surface area (TPSA) is 95.9 Å². The van der Waals surface area contributed by atoms with E-state index in [9.17, 15) is 19.8 Å². The number of nitrogens with one attached hydrogen (secondary N) is 1. The number of ether oxygens (including phenoxy) is 1. The minimum absolute atomic E-state index is 0.00211. The molecular weight excluding hydrogens is 863 g/mol. The van der Waals surface area contributed by atoms with E-state index in [1.807, 2.05) is 6.08 Å². The summed E-state index contributed by atoms with van der Waals surface area (Å²) in [4.78, 5) is 26.3. The molecule has 0 spiro atoms. The number of rotatable bonds is 54. The van der Waals surface area contributed by atoms with Crippen LogP contribution in [0.25, 0.3) is 0 Å². The number of unbranched alkanes of at least 4 members (excludes halogenated alkanes) is 31. The molecular formula is C64H115NO5. The van der Waals surface area contributed by atoms with Crippen LogP contribution >= 0.6 is 0 Å². The van der Waals surface area contributed by atoms with Gasteiger partial charge in [-0.15, -0.1) is 0 Å². The molecule has 0 bridgehead atoms. The second-order valence-electron chi connectivity index (χ2n) is 20.4. The lowest BCUT2D eigenvalue weighted by Crippen LogP contribution is -2.46. The number of amides is 1. The summed E-state index contributed by atoms with van der Waals surface area (Å²) < 4.78 is 5.90. The predicted octanol–water partition coefficient (Wildman–Crippen LogP) is 18.9. The number of aliphatic hydroxyl groups is 2. The van der Waals surface area contributed by atoms with Gasteiger partial charge in [-0.25, -0.2) is 0 Å². The van der Waals surface area contributed by atoms with Crippen LogP contribution in [0.1, 0.15) is 297 Å². The van der Waals surface area contributed by atoms with Gasteiger partial charge in [0.05, 0.1) is 25.2 Å². The van der Waals surface area contributed by atoms with Crippen molar-refractivity contribution in [2.45, 2.75) is 315 Å². The van der Waals surface area contributed by atoms with Crippen LogP contribution in [0.3, 0.4) is 0 Å². The Labute approximate surface area is 434 Å². The largest absolute Gasteiger partial charge is 0.461 e. The van der Waals surface area contributed by atoms with Gasteiger partial charge >= 0.3 is 5.97 Å². The van der Waals surface area contributed by atoms with Crippen molar-refractivity contribution in [3.05, 3.63) is 72.9 Å². The van der Waals surface area contributed by atoms with E-state index in [0.29, 0.717) is 19.3 Å². The van der Waals surface area contributed by atoms with Crippen LogP contribution < -0.4 is 5.32 Å². The molecule has 6 heteroatoms. The molecule has 0 aromatic carbocycles. The molecule has 0 saturated carbocycles. The highest BCUT2D eigenvalue weighted by Gasteiger charge is 2.23. The number of carbonyl (C=O) groups is 2. The van der Waals surface area contributed by atoms with Crippen LogP contribution in [-0.2, 0) is 14.3 Å². The van der Waals surface area contributed by atoms with Gasteiger partial charge in [-0.2, -0.15) is 0 Å². The van der Waals surface area contributed by atoms with Crippen LogP contribution in [0.5, 0.6) is 0 Å². The van der Waals surface area contributed by atoms with E-state index in [4.69, 9.17) is 4.74 Å². The molecule has 1 amide bonds. The lowest BCUT2D eigenvalue weighted by molar-refractivity contribution is -0.150. The van der Waals surface area contributed by atoms with Crippen molar-refractivity contribution in [1.82, 2.24) is 5.32 Å². The molecule has 0 aliphatic carbocycles. The highest BCUT2D eigenvalue weighted by molar-refractivity contribution is 5.77. The van der Waals surface area contributed by atoms with Crippen molar-refractivity contribution in [3.8, 4) is 0 Å². The second kappa shape index (κ2) is 57.2. The third-order valence-electron chi connectivity index (χ3n) is 13.5. The van der Waals surface area contributed by atoms with Gasteiger partial charge in [0, 0.05) is 12.8 Å². The van der Waals surface area contributed by atoms with E-state index < -0.39 is 18.2 Å². The van der Waals surface area contributed by atoms with Gasteiger partial charge < -0.3 is 20.3 Å². The molecule has 0 rings (SSSR count). The van der Waals surface area contributed by atoms with Crippen molar-refractivity contribution < 1.29 is 24.5 Å². The van der Waals surface area contributed by atoms with E-state index in [-0.39, 0.29) is 24.9 Å².